The van der Waals surface area contributed by atoms with Crippen molar-refractivity contribution in [3.05, 3.63) is 24.3 Å². The predicted molar refractivity (Wildman–Crippen MR) is 76.4 cm³/mol. The third-order valence-corrected chi connectivity index (χ3v) is 4.44. The molecule has 0 saturated heterocycles. The lowest BCUT2D eigenvalue weighted by atomic mass is 10.3. The quantitative estimate of drug-likeness (QED) is 0.507. The average molecular weight is 297 g/mol. The summed E-state index contributed by atoms with van der Waals surface area (Å²) in [5, 5.41) is 2.86. The number of hydrogen-bond acceptors (Lipinski definition) is 4. The van der Waals surface area contributed by atoms with E-state index >= 15 is 0 Å². The van der Waals surface area contributed by atoms with E-state index in [1.165, 1.54) is 12.1 Å². The minimum absolute atomic E-state index is 0.0179. The van der Waals surface area contributed by atoms with Crippen molar-refractivity contribution in [2.24, 2.45) is 0 Å². The van der Waals surface area contributed by atoms with Crippen molar-refractivity contribution in [2.45, 2.75) is 36.6 Å². The maximum absolute atomic E-state index is 11.9. The van der Waals surface area contributed by atoms with Gasteiger partial charge in [-0.25, -0.2) is 13.1 Å². The van der Waals surface area contributed by atoms with E-state index in [2.05, 4.69) is 10.0 Å². The summed E-state index contributed by atoms with van der Waals surface area (Å²) in [6.45, 7) is 0.231. The fourth-order valence-corrected chi connectivity index (χ4v) is 2.88. The minimum Gasteiger partial charge on any atom is -0.399 e. The van der Waals surface area contributed by atoms with Crippen LogP contribution >= 0.6 is 0 Å². The maximum atomic E-state index is 11.9. The van der Waals surface area contributed by atoms with Gasteiger partial charge in [0.05, 0.1) is 4.90 Å². The van der Waals surface area contributed by atoms with Crippen LogP contribution in [0.3, 0.4) is 0 Å². The van der Waals surface area contributed by atoms with Gasteiger partial charge in [-0.2, -0.15) is 0 Å². The molecule has 0 aromatic heterocycles. The fraction of sp³-hybridized carbons (Fsp3) is 0.462. The molecule has 4 N–H and O–H groups in total. The summed E-state index contributed by atoms with van der Waals surface area (Å²) in [6, 6.07) is 6.45. The third kappa shape index (κ3) is 4.50. The van der Waals surface area contributed by atoms with E-state index in [1.54, 1.807) is 12.1 Å². The molecule has 0 aliphatic heterocycles. The van der Waals surface area contributed by atoms with Gasteiger partial charge in [-0.05, 0) is 37.5 Å². The zero-order valence-corrected chi connectivity index (χ0v) is 11.9. The number of nitrogen functional groups attached to an aromatic ring is 1. The fourth-order valence-electron chi connectivity index (χ4n) is 1.75. The zero-order valence-electron chi connectivity index (χ0n) is 11.1. The van der Waals surface area contributed by atoms with E-state index in [0.717, 1.165) is 12.8 Å². The molecule has 0 heterocycles. The SMILES string of the molecule is Nc1cccc(S(=O)(=O)NCCCC(=O)NC2CC2)c1. The van der Waals surface area contributed by atoms with Crippen LogP contribution in [0.1, 0.15) is 25.7 Å². The van der Waals surface area contributed by atoms with Crippen molar-refractivity contribution in [3.63, 3.8) is 0 Å². The second kappa shape index (κ2) is 6.23. The number of carbonyl (C=O) groups is 1. The Hall–Kier alpha value is -1.60. The Morgan fingerprint density at radius 2 is 2.10 bits per heavy atom. The van der Waals surface area contributed by atoms with E-state index in [1.807, 2.05) is 0 Å². The molecule has 0 bridgehead atoms. The molecule has 7 heteroatoms. The van der Waals surface area contributed by atoms with Gasteiger partial charge in [0, 0.05) is 24.7 Å². The third-order valence-electron chi connectivity index (χ3n) is 2.98. The molecular formula is C13H19N3O3S. The minimum atomic E-state index is -3.55. The molecule has 20 heavy (non-hydrogen) atoms. The number of rotatable bonds is 7. The Bertz CT molecular complexity index is 582. The summed E-state index contributed by atoms with van der Waals surface area (Å²) in [5.41, 5.74) is 5.96. The van der Waals surface area contributed by atoms with Crippen LogP contribution in [0.15, 0.2) is 29.2 Å². The smallest absolute Gasteiger partial charge is 0.240 e. The van der Waals surface area contributed by atoms with Crippen molar-refractivity contribution >= 4 is 21.6 Å². The summed E-state index contributed by atoms with van der Waals surface area (Å²) in [5.74, 6) is -0.0179. The Morgan fingerprint density at radius 3 is 2.75 bits per heavy atom. The van der Waals surface area contributed by atoms with Crippen molar-refractivity contribution in [1.82, 2.24) is 10.0 Å². The van der Waals surface area contributed by atoms with E-state index < -0.39 is 10.0 Å². The number of hydrogen-bond donors (Lipinski definition) is 3. The van der Waals surface area contributed by atoms with Gasteiger partial charge in [0.15, 0.2) is 0 Å². The molecule has 0 atom stereocenters. The summed E-state index contributed by atoms with van der Waals surface area (Å²) in [6.07, 6.45) is 2.90. The average Bonchev–Trinajstić information content (AvgIpc) is 3.19. The number of benzene rings is 1. The monoisotopic (exact) mass is 297 g/mol. The summed E-state index contributed by atoms with van der Waals surface area (Å²) >= 11 is 0. The van der Waals surface area contributed by atoms with Gasteiger partial charge in [-0.1, -0.05) is 6.07 Å². The standard InChI is InChI=1S/C13H19N3O3S/c14-10-3-1-4-12(9-10)20(18,19)15-8-2-5-13(17)16-11-6-7-11/h1,3-4,9,11,15H,2,5-8,14H2,(H,16,17). The first-order chi connectivity index (χ1) is 9.47. The van der Waals surface area contributed by atoms with Gasteiger partial charge in [-0.15, -0.1) is 0 Å². The molecular weight excluding hydrogens is 278 g/mol. The lowest BCUT2D eigenvalue weighted by Gasteiger charge is -2.07. The molecule has 1 aromatic carbocycles. The highest BCUT2D eigenvalue weighted by molar-refractivity contribution is 7.89. The number of sulfonamides is 1. The molecule has 1 aliphatic rings. The molecule has 0 unspecified atom stereocenters. The van der Waals surface area contributed by atoms with Crippen LogP contribution in [0.25, 0.3) is 0 Å². The number of carbonyl (C=O) groups excluding carboxylic acids is 1. The van der Waals surface area contributed by atoms with Crippen LogP contribution < -0.4 is 15.8 Å². The molecule has 1 aliphatic carbocycles. The van der Waals surface area contributed by atoms with Gasteiger partial charge in [0.1, 0.15) is 0 Å². The Labute approximate surface area is 118 Å². The summed E-state index contributed by atoms with van der Waals surface area (Å²) in [4.78, 5) is 11.6. The number of nitrogens with one attached hydrogen (secondary N) is 2. The molecule has 1 amide bonds. The topological polar surface area (TPSA) is 101 Å². The van der Waals surface area contributed by atoms with Crippen LogP contribution in [0.5, 0.6) is 0 Å². The van der Waals surface area contributed by atoms with Crippen LogP contribution in [0, 0.1) is 0 Å². The van der Waals surface area contributed by atoms with Crippen molar-refractivity contribution < 1.29 is 13.2 Å². The lowest BCUT2D eigenvalue weighted by molar-refractivity contribution is -0.121. The zero-order chi connectivity index (χ0) is 14.6. The van der Waals surface area contributed by atoms with Crippen molar-refractivity contribution in [3.8, 4) is 0 Å². The number of nitrogens with two attached hydrogens (primary N) is 1. The second-order valence-corrected chi connectivity index (χ2v) is 6.68. The van der Waals surface area contributed by atoms with E-state index in [0.29, 0.717) is 24.6 Å². The number of anilines is 1. The largest absolute Gasteiger partial charge is 0.399 e. The molecule has 110 valence electrons. The molecule has 1 fully saturated rings. The lowest BCUT2D eigenvalue weighted by Crippen LogP contribution is -2.28. The molecule has 0 radical (unpaired) electrons. The first-order valence-electron chi connectivity index (χ1n) is 6.62. The molecule has 1 saturated carbocycles. The van der Waals surface area contributed by atoms with Crippen molar-refractivity contribution in [2.75, 3.05) is 12.3 Å². The van der Waals surface area contributed by atoms with Crippen LogP contribution in [-0.4, -0.2) is 26.9 Å². The first kappa shape index (κ1) is 14.8. The summed E-state index contributed by atoms with van der Waals surface area (Å²) in [7, 11) is -3.55. The van der Waals surface area contributed by atoms with Crippen LogP contribution in [-0.2, 0) is 14.8 Å². The molecule has 0 spiro atoms. The van der Waals surface area contributed by atoms with E-state index in [-0.39, 0.29) is 17.3 Å². The number of amides is 1. The Kier molecular flexibility index (Phi) is 4.61. The highest BCUT2D eigenvalue weighted by atomic mass is 32.2. The van der Waals surface area contributed by atoms with Crippen molar-refractivity contribution in [1.29, 1.82) is 0 Å². The van der Waals surface area contributed by atoms with E-state index in [4.69, 9.17) is 5.73 Å². The Balaban J connectivity index is 1.76. The van der Waals surface area contributed by atoms with Gasteiger partial charge in [0.2, 0.25) is 15.9 Å². The van der Waals surface area contributed by atoms with Crippen LogP contribution in [0.2, 0.25) is 0 Å². The molecule has 1 aromatic rings. The second-order valence-electron chi connectivity index (χ2n) is 4.92. The van der Waals surface area contributed by atoms with Gasteiger partial charge in [-0.3, -0.25) is 4.79 Å². The molecule has 2 rings (SSSR count). The highest BCUT2D eigenvalue weighted by Gasteiger charge is 2.22. The van der Waals surface area contributed by atoms with Gasteiger partial charge < -0.3 is 11.1 Å². The Morgan fingerprint density at radius 1 is 1.35 bits per heavy atom. The van der Waals surface area contributed by atoms with E-state index in [9.17, 15) is 13.2 Å². The highest BCUT2D eigenvalue weighted by Crippen LogP contribution is 2.18. The maximum Gasteiger partial charge on any atom is 0.240 e. The van der Waals surface area contributed by atoms with Gasteiger partial charge >= 0.3 is 0 Å². The normalized spacial score (nSPS) is 15.0. The summed E-state index contributed by atoms with van der Waals surface area (Å²) < 4.78 is 26.4. The first-order valence-corrected chi connectivity index (χ1v) is 8.10. The van der Waals surface area contributed by atoms with Gasteiger partial charge in [0.25, 0.3) is 0 Å². The predicted octanol–water partition coefficient (Wildman–Crippen LogP) is 0.606. The molecule has 6 nitrogen and oxygen atoms in total. The van der Waals surface area contributed by atoms with Crippen LogP contribution in [0.4, 0.5) is 5.69 Å².